The van der Waals surface area contributed by atoms with Gasteiger partial charge in [0.05, 0.1) is 20.1 Å². The molecule has 0 aromatic carbocycles. The van der Waals surface area contributed by atoms with E-state index in [0.717, 1.165) is 0 Å². The second-order valence-corrected chi connectivity index (χ2v) is 4.95. The summed E-state index contributed by atoms with van der Waals surface area (Å²) in [6, 6.07) is 0. The molecule has 4 heteroatoms. The molecule has 0 N–H and O–H groups in total. The number of rotatable bonds is 4. The summed E-state index contributed by atoms with van der Waals surface area (Å²) in [7, 11) is 2.76. The molecule has 0 aromatic heterocycles. The number of carbonyl (C=O) groups excluding carboxylic acids is 2. The normalized spacial score (nSPS) is 25.6. The van der Waals surface area contributed by atoms with Crippen molar-refractivity contribution in [3.05, 3.63) is 12.2 Å². The molecule has 0 fully saturated rings. The van der Waals surface area contributed by atoms with Crippen LogP contribution >= 0.6 is 0 Å². The van der Waals surface area contributed by atoms with Crippen LogP contribution in [0.3, 0.4) is 0 Å². The first kappa shape index (κ1) is 13.7. The van der Waals surface area contributed by atoms with Crippen LogP contribution in [0.4, 0.5) is 0 Å². The van der Waals surface area contributed by atoms with Gasteiger partial charge < -0.3 is 9.47 Å². The molecule has 4 nitrogen and oxygen atoms in total. The van der Waals surface area contributed by atoms with Gasteiger partial charge in [0.2, 0.25) is 0 Å². The lowest BCUT2D eigenvalue weighted by molar-refractivity contribution is -0.147. The molecule has 0 radical (unpaired) electrons. The quantitative estimate of drug-likeness (QED) is 0.556. The number of carbonyl (C=O) groups is 2. The van der Waals surface area contributed by atoms with Crippen molar-refractivity contribution < 1.29 is 19.1 Å². The zero-order chi connectivity index (χ0) is 13.1. The molecule has 0 heterocycles. The third kappa shape index (κ3) is 3.08. The van der Waals surface area contributed by atoms with Crippen molar-refractivity contribution in [1.29, 1.82) is 0 Å². The lowest BCUT2D eigenvalue weighted by Gasteiger charge is -2.29. The van der Waals surface area contributed by atoms with Crippen molar-refractivity contribution >= 4 is 11.9 Å². The summed E-state index contributed by atoms with van der Waals surface area (Å²) in [4.78, 5) is 22.8. The Hall–Kier alpha value is -1.32. The number of esters is 2. The third-order valence-corrected chi connectivity index (χ3v) is 3.48. The van der Waals surface area contributed by atoms with E-state index in [0.29, 0.717) is 12.8 Å². The predicted octanol–water partition coefficient (Wildman–Crippen LogP) is 1.94. The minimum absolute atomic E-state index is 0.0904. The highest BCUT2D eigenvalue weighted by Crippen LogP contribution is 2.44. The van der Waals surface area contributed by atoms with Crippen LogP contribution in [-0.4, -0.2) is 26.2 Å². The molecule has 0 saturated carbocycles. The molecule has 0 aliphatic heterocycles. The topological polar surface area (TPSA) is 52.6 Å². The van der Waals surface area contributed by atoms with Crippen molar-refractivity contribution in [3.8, 4) is 0 Å². The van der Waals surface area contributed by atoms with Crippen LogP contribution in [0.25, 0.3) is 0 Å². The zero-order valence-corrected chi connectivity index (χ0v) is 10.9. The maximum Gasteiger partial charge on any atom is 0.312 e. The van der Waals surface area contributed by atoms with E-state index in [1.54, 1.807) is 0 Å². The molecule has 1 aliphatic carbocycles. The van der Waals surface area contributed by atoms with E-state index in [2.05, 4.69) is 18.6 Å². The highest BCUT2D eigenvalue weighted by atomic mass is 16.5. The summed E-state index contributed by atoms with van der Waals surface area (Å²) < 4.78 is 9.41. The molecule has 1 rings (SSSR count). The van der Waals surface area contributed by atoms with Gasteiger partial charge in [-0.3, -0.25) is 9.59 Å². The number of hydrogen-bond donors (Lipinski definition) is 0. The maximum atomic E-state index is 11.6. The molecule has 1 aliphatic rings. The van der Waals surface area contributed by atoms with E-state index < -0.39 is 0 Å². The monoisotopic (exact) mass is 240 g/mol. The number of methoxy groups -OCH3 is 2. The van der Waals surface area contributed by atoms with Crippen LogP contribution in [-0.2, 0) is 19.1 Å². The SMILES string of the molecule is COC(=O)CCC1C(C(=O)OC)C=CC1(C)C. The highest BCUT2D eigenvalue weighted by Gasteiger charge is 2.41. The Labute approximate surface area is 102 Å². The summed E-state index contributed by atoms with van der Waals surface area (Å²) in [5, 5.41) is 0. The molecular weight excluding hydrogens is 220 g/mol. The van der Waals surface area contributed by atoms with Crippen LogP contribution in [0.1, 0.15) is 26.7 Å². The van der Waals surface area contributed by atoms with Gasteiger partial charge in [0.25, 0.3) is 0 Å². The van der Waals surface area contributed by atoms with Gasteiger partial charge >= 0.3 is 11.9 Å². The van der Waals surface area contributed by atoms with Crippen LogP contribution in [0, 0.1) is 17.3 Å². The Kier molecular flexibility index (Phi) is 4.32. The standard InChI is InChI=1S/C13H20O4/c1-13(2)8-7-9(12(15)17-4)10(13)5-6-11(14)16-3/h7-10H,5-6H2,1-4H3. The Bertz CT molecular complexity index is 330. The number of allylic oxidation sites excluding steroid dienone is 1. The molecule has 0 amide bonds. The maximum absolute atomic E-state index is 11.6. The smallest absolute Gasteiger partial charge is 0.312 e. The molecule has 0 saturated heterocycles. The summed E-state index contributed by atoms with van der Waals surface area (Å²) >= 11 is 0. The Morgan fingerprint density at radius 3 is 2.41 bits per heavy atom. The van der Waals surface area contributed by atoms with E-state index in [9.17, 15) is 9.59 Å². The van der Waals surface area contributed by atoms with Gasteiger partial charge in [0, 0.05) is 6.42 Å². The first-order chi connectivity index (χ1) is 7.92. The minimum Gasteiger partial charge on any atom is -0.469 e. The van der Waals surface area contributed by atoms with Crippen molar-refractivity contribution in [2.24, 2.45) is 17.3 Å². The minimum atomic E-state index is -0.250. The molecule has 2 atom stereocenters. The van der Waals surface area contributed by atoms with Crippen LogP contribution in [0.15, 0.2) is 12.2 Å². The Morgan fingerprint density at radius 2 is 1.88 bits per heavy atom. The lowest BCUT2D eigenvalue weighted by atomic mass is 9.75. The number of ether oxygens (including phenoxy) is 2. The lowest BCUT2D eigenvalue weighted by Crippen LogP contribution is -2.29. The Balaban J connectivity index is 2.70. The average Bonchev–Trinajstić information content (AvgIpc) is 2.60. The predicted molar refractivity (Wildman–Crippen MR) is 63.2 cm³/mol. The van der Waals surface area contributed by atoms with Crippen molar-refractivity contribution in [2.75, 3.05) is 14.2 Å². The highest BCUT2D eigenvalue weighted by molar-refractivity contribution is 5.76. The Morgan fingerprint density at radius 1 is 1.24 bits per heavy atom. The van der Waals surface area contributed by atoms with Gasteiger partial charge in [-0.2, -0.15) is 0 Å². The van der Waals surface area contributed by atoms with Crippen molar-refractivity contribution in [1.82, 2.24) is 0 Å². The summed E-state index contributed by atoms with van der Waals surface area (Å²) in [5.74, 6) is -0.633. The summed E-state index contributed by atoms with van der Waals surface area (Å²) in [5.41, 5.74) is -0.0904. The molecule has 2 unspecified atom stereocenters. The van der Waals surface area contributed by atoms with E-state index in [1.165, 1.54) is 14.2 Å². The van der Waals surface area contributed by atoms with Crippen LogP contribution in [0.2, 0.25) is 0 Å². The van der Waals surface area contributed by atoms with Crippen LogP contribution < -0.4 is 0 Å². The molecule has 96 valence electrons. The van der Waals surface area contributed by atoms with Gasteiger partial charge in [0.1, 0.15) is 0 Å². The van der Waals surface area contributed by atoms with E-state index in [-0.39, 0.29) is 29.2 Å². The van der Waals surface area contributed by atoms with E-state index >= 15 is 0 Å². The summed E-state index contributed by atoms with van der Waals surface area (Å²) in [6.45, 7) is 4.13. The fourth-order valence-electron chi connectivity index (χ4n) is 2.38. The number of hydrogen-bond acceptors (Lipinski definition) is 4. The van der Waals surface area contributed by atoms with Gasteiger partial charge in [-0.05, 0) is 17.8 Å². The largest absolute Gasteiger partial charge is 0.469 e. The molecule has 0 aromatic rings. The van der Waals surface area contributed by atoms with E-state index in [4.69, 9.17) is 4.74 Å². The van der Waals surface area contributed by atoms with Gasteiger partial charge in [0.15, 0.2) is 0 Å². The second kappa shape index (κ2) is 5.34. The zero-order valence-electron chi connectivity index (χ0n) is 10.9. The first-order valence-electron chi connectivity index (χ1n) is 5.76. The summed E-state index contributed by atoms with van der Waals surface area (Å²) in [6.07, 6.45) is 4.87. The average molecular weight is 240 g/mol. The molecule has 0 spiro atoms. The van der Waals surface area contributed by atoms with Gasteiger partial charge in [-0.1, -0.05) is 26.0 Å². The van der Waals surface area contributed by atoms with Crippen LogP contribution in [0.5, 0.6) is 0 Å². The second-order valence-electron chi connectivity index (χ2n) is 4.95. The van der Waals surface area contributed by atoms with Crippen molar-refractivity contribution in [2.45, 2.75) is 26.7 Å². The van der Waals surface area contributed by atoms with Gasteiger partial charge in [-0.15, -0.1) is 0 Å². The fourth-order valence-corrected chi connectivity index (χ4v) is 2.38. The molecule has 17 heavy (non-hydrogen) atoms. The molecular formula is C13H20O4. The molecule has 0 bridgehead atoms. The van der Waals surface area contributed by atoms with Gasteiger partial charge in [-0.25, -0.2) is 0 Å². The van der Waals surface area contributed by atoms with E-state index in [1.807, 2.05) is 12.2 Å². The fraction of sp³-hybridized carbons (Fsp3) is 0.692. The van der Waals surface area contributed by atoms with Crippen molar-refractivity contribution in [3.63, 3.8) is 0 Å². The third-order valence-electron chi connectivity index (χ3n) is 3.48. The first-order valence-corrected chi connectivity index (χ1v) is 5.76.